The Hall–Kier alpha value is -2.64. The zero-order valence-corrected chi connectivity index (χ0v) is 51.3. The average molecular weight is 1100 g/mol. The van der Waals surface area contributed by atoms with Crippen molar-refractivity contribution >= 4 is 24.2 Å². The molecule has 0 spiro atoms. The van der Waals surface area contributed by atoms with Gasteiger partial charge in [-0.3, -0.25) is 9.59 Å². The number of aliphatic hydroxyl groups excluding tert-OH is 1. The van der Waals surface area contributed by atoms with E-state index in [4.69, 9.17) is 18.9 Å². The van der Waals surface area contributed by atoms with E-state index in [0.717, 1.165) is 219 Å². The van der Waals surface area contributed by atoms with Gasteiger partial charge < -0.3 is 44.1 Å². The van der Waals surface area contributed by atoms with Crippen LogP contribution < -0.4 is 0 Å². The maximum Gasteiger partial charge on any atom is 0.508 e. The van der Waals surface area contributed by atoms with Gasteiger partial charge in [-0.15, -0.1) is 0 Å². The number of carbonyl (C=O) groups is 4. The van der Waals surface area contributed by atoms with Crippen molar-refractivity contribution in [2.45, 2.75) is 317 Å². The van der Waals surface area contributed by atoms with E-state index in [2.05, 4.69) is 58.3 Å². The molecule has 0 saturated carbocycles. The smallest absolute Gasteiger partial charge is 0.481 e. The molecule has 0 aliphatic heterocycles. The first-order chi connectivity index (χ1) is 37.3. The van der Waals surface area contributed by atoms with Crippen molar-refractivity contribution in [2.75, 3.05) is 59.1 Å². The summed E-state index contributed by atoms with van der Waals surface area (Å²) >= 11 is 0. The Bertz CT molecular complexity index is 1280. The van der Waals surface area contributed by atoms with Crippen LogP contribution in [0.4, 0.5) is 9.59 Å². The first kappa shape index (κ1) is 74.4. The lowest BCUT2D eigenvalue weighted by Crippen LogP contribution is -2.38. The molecular weight excluding hydrogens is 973 g/mol. The number of unbranched alkanes of at least 4 members (excludes halogenated alkanes) is 17. The summed E-state index contributed by atoms with van der Waals surface area (Å²) in [6.07, 6.45) is 35.2. The maximum atomic E-state index is 13.7. The molecule has 0 aromatic rings. The molecule has 456 valence electrons. The van der Waals surface area contributed by atoms with Crippen LogP contribution in [0.25, 0.3) is 0 Å². The average Bonchev–Trinajstić information content (AvgIpc) is 3.39. The summed E-state index contributed by atoms with van der Waals surface area (Å²) in [5.74, 6) is -0.825. The van der Waals surface area contributed by atoms with Gasteiger partial charge in [-0.25, -0.2) is 9.59 Å². The molecule has 13 heteroatoms. The minimum atomic E-state index is -0.826. The molecule has 0 aliphatic rings. The number of carboxylic acids is 2. The molecule has 0 heterocycles. The molecular formula is C64H124N2O11. The molecule has 77 heavy (non-hydrogen) atoms. The lowest BCUT2D eigenvalue weighted by Gasteiger charge is -2.37. The number of aliphatic hydroxyl groups is 1. The van der Waals surface area contributed by atoms with E-state index in [0.29, 0.717) is 50.4 Å². The molecule has 0 fully saturated rings. The Morgan fingerprint density at radius 2 is 0.727 bits per heavy atom. The Morgan fingerprint density at radius 1 is 0.390 bits per heavy atom. The highest BCUT2D eigenvalue weighted by molar-refractivity contribution is 5.67. The van der Waals surface area contributed by atoms with Crippen LogP contribution in [-0.4, -0.2) is 120 Å². The molecule has 0 aromatic carbocycles. The summed E-state index contributed by atoms with van der Waals surface area (Å²) in [5.41, 5.74) is -1.49. The van der Waals surface area contributed by atoms with Crippen molar-refractivity contribution in [3.8, 4) is 0 Å². The minimum absolute atomic E-state index is 0.0522. The van der Waals surface area contributed by atoms with Gasteiger partial charge in [0.05, 0.1) is 13.2 Å². The largest absolute Gasteiger partial charge is 0.508 e. The van der Waals surface area contributed by atoms with Crippen LogP contribution in [0.2, 0.25) is 0 Å². The highest BCUT2D eigenvalue weighted by Crippen LogP contribution is 2.39. The topological polar surface area (TPSA) is 172 Å². The second-order valence-corrected chi connectivity index (χ2v) is 23.1. The first-order valence-corrected chi connectivity index (χ1v) is 32.5. The molecule has 0 radical (unpaired) electrons. The number of likely N-dealkylation sites (N-methyl/N-ethyl adjacent to an activating group) is 1. The Balaban J connectivity index is 6.06. The van der Waals surface area contributed by atoms with Crippen LogP contribution in [0, 0.1) is 11.8 Å². The van der Waals surface area contributed by atoms with Gasteiger partial charge in [-0.1, -0.05) is 190 Å². The molecule has 0 rings (SSSR count). The summed E-state index contributed by atoms with van der Waals surface area (Å²) in [6.45, 7) is 21.4. The molecule has 2 unspecified atom stereocenters. The summed E-state index contributed by atoms with van der Waals surface area (Å²) in [5, 5.41) is 28.6. The first-order valence-electron chi connectivity index (χ1n) is 32.5. The van der Waals surface area contributed by atoms with Gasteiger partial charge in [0.15, 0.2) is 0 Å². The second kappa shape index (κ2) is 51.5. The van der Waals surface area contributed by atoms with Gasteiger partial charge in [-0.05, 0) is 141 Å². The highest BCUT2D eigenvalue weighted by atomic mass is 16.7. The molecule has 2 atom stereocenters. The Labute approximate surface area is 473 Å². The number of nitrogens with zero attached hydrogens (tertiary/aromatic N) is 2. The molecule has 0 saturated heterocycles. The third-order valence-electron chi connectivity index (χ3n) is 16.0. The number of rotatable bonds is 58. The lowest BCUT2D eigenvalue weighted by atomic mass is 9.78. The summed E-state index contributed by atoms with van der Waals surface area (Å²) in [4.78, 5) is 55.7. The molecule has 0 aromatic heterocycles. The summed E-state index contributed by atoms with van der Waals surface area (Å²) < 4.78 is 24.7. The monoisotopic (exact) mass is 1100 g/mol. The zero-order valence-electron chi connectivity index (χ0n) is 51.3. The van der Waals surface area contributed by atoms with Gasteiger partial charge in [0.1, 0.15) is 11.2 Å². The summed E-state index contributed by atoms with van der Waals surface area (Å²) in [6, 6.07) is 0. The van der Waals surface area contributed by atoms with E-state index in [9.17, 15) is 34.5 Å². The molecule has 0 aliphatic carbocycles. The van der Waals surface area contributed by atoms with E-state index >= 15 is 0 Å². The van der Waals surface area contributed by atoms with E-state index in [1.54, 1.807) is 0 Å². The second-order valence-electron chi connectivity index (χ2n) is 23.1. The van der Waals surface area contributed by atoms with Crippen LogP contribution in [-0.2, 0) is 28.5 Å². The predicted molar refractivity (Wildman–Crippen MR) is 317 cm³/mol. The van der Waals surface area contributed by atoms with Crippen molar-refractivity contribution in [3.05, 3.63) is 0 Å². The molecule has 0 bridgehead atoms. The highest BCUT2D eigenvalue weighted by Gasteiger charge is 2.38. The van der Waals surface area contributed by atoms with E-state index in [1.807, 2.05) is 0 Å². The van der Waals surface area contributed by atoms with Crippen LogP contribution in [0.5, 0.6) is 0 Å². The Kier molecular flexibility index (Phi) is 49.7. The van der Waals surface area contributed by atoms with E-state index in [-0.39, 0.29) is 32.7 Å². The fourth-order valence-electron chi connectivity index (χ4n) is 11.4. The van der Waals surface area contributed by atoms with Crippen molar-refractivity contribution < 1.29 is 53.4 Å². The quantitative estimate of drug-likeness (QED) is 0.0388. The van der Waals surface area contributed by atoms with Crippen LogP contribution in [0.15, 0.2) is 0 Å². The third kappa shape index (κ3) is 42.9. The number of carbonyl (C=O) groups excluding carboxylic acids is 2. The Morgan fingerprint density at radius 3 is 1.08 bits per heavy atom. The fourth-order valence-corrected chi connectivity index (χ4v) is 11.4. The van der Waals surface area contributed by atoms with Crippen LogP contribution in [0.1, 0.15) is 305 Å². The lowest BCUT2D eigenvalue weighted by molar-refractivity contribution is -0.138. The number of hydrogen-bond acceptors (Lipinski definition) is 11. The molecule has 13 nitrogen and oxygen atoms in total. The van der Waals surface area contributed by atoms with E-state index < -0.39 is 35.5 Å². The van der Waals surface area contributed by atoms with Gasteiger partial charge in [-0.2, -0.15) is 0 Å². The number of hydrogen-bond donors (Lipinski definition) is 3. The van der Waals surface area contributed by atoms with Crippen molar-refractivity contribution in [3.63, 3.8) is 0 Å². The predicted octanol–water partition coefficient (Wildman–Crippen LogP) is 17.5. The maximum absolute atomic E-state index is 13.7. The van der Waals surface area contributed by atoms with Gasteiger partial charge >= 0.3 is 24.2 Å². The SMILES string of the molecule is CCCCCCC(CCCC(=O)O)(CC(CCCCC)CCCCC)OC(=O)OCCCCN(CCCCOC(=O)OC(CCCCCC)(CCCC(=O)O)CC(CCCCC)CCCCC)CCN(CC)CCCCO. The number of carboxylic acid groups (broad SMARTS) is 2. The minimum Gasteiger partial charge on any atom is -0.481 e. The third-order valence-corrected chi connectivity index (χ3v) is 16.0. The van der Waals surface area contributed by atoms with Gasteiger partial charge in [0, 0.05) is 32.5 Å². The molecule has 0 amide bonds. The number of ether oxygens (including phenoxy) is 4. The van der Waals surface area contributed by atoms with Gasteiger partial charge in [0.2, 0.25) is 0 Å². The van der Waals surface area contributed by atoms with Gasteiger partial charge in [0.25, 0.3) is 0 Å². The van der Waals surface area contributed by atoms with Crippen molar-refractivity contribution in [1.82, 2.24) is 9.80 Å². The van der Waals surface area contributed by atoms with Crippen molar-refractivity contribution in [2.24, 2.45) is 11.8 Å². The zero-order chi connectivity index (χ0) is 57.1. The number of aliphatic carboxylic acids is 2. The van der Waals surface area contributed by atoms with Crippen LogP contribution >= 0.6 is 0 Å². The van der Waals surface area contributed by atoms with E-state index in [1.165, 1.54) is 25.7 Å². The fraction of sp³-hybridized carbons (Fsp3) is 0.938. The van der Waals surface area contributed by atoms with Crippen molar-refractivity contribution in [1.29, 1.82) is 0 Å². The molecule has 3 N–H and O–H groups in total. The van der Waals surface area contributed by atoms with Crippen LogP contribution in [0.3, 0.4) is 0 Å². The summed E-state index contributed by atoms with van der Waals surface area (Å²) in [7, 11) is 0. The standard InChI is InChI=1S/C64H124N2O11/c1-8-15-21-27-43-63(45-35-41-59(68)69,55-57(37-23-17-10-3)38-24-18-11-4)76-61(72)74-53-33-30-48-66(51-50-65(14-7)47-29-32-52-67)49-31-34-54-75-62(73)77-64(44-28-22-16-9-2,46-36-42-60(70)71)56-58(39-25-19-12-5)40-26-20-13-6/h57-58,67H,8-56H2,1-7H3,(H,68,69)(H,70,71). The normalized spacial score (nSPS) is 13.4.